The van der Waals surface area contributed by atoms with Crippen molar-refractivity contribution in [2.24, 2.45) is 0 Å². The summed E-state index contributed by atoms with van der Waals surface area (Å²) in [5, 5.41) is 18.2. The van der Waals surface area contributed by atoms with E-state index in [1.54, 1.807) is 12.1 Å². The molecular formula is C24H24FNO5P+. The van der Waals surface area contributed by atoms with Crippen molar-refractivity contribution in [3.05, 3.63) is 65.7 Å². The Morgan fingerprint density at radius 3 is 2.59 bits per heavy atom. The Balaban J connectivity index is 1.92. The molecule has 6 nitrogen and oxygen atoms in total. The minimum Gasteiger partial charge on any atom is -0.481 e. The Kier molecular flexibility index (Phi) is 7.76. The van der Waals surface area contributed by atoms with Gasteiger partial charge in [0.2, 0.25) is 6.16 Å². The monoisotopic (exact) mass is 456 g/mol. The van der Waals surface area contributed by atoms with Crippen LogP contribution in [0.2, 0.25) is 0 Å². The molecule has 0 bridgehead atoms. The van der Waals surface area contributed by atoms with Gasteiger partial charge in [0.05, 0.1) is 17.5 Å². The van der Waals surface area contributed by atoms with Crippen molar-refractivity contribution in [3.63, 3.8) is 0 Å². The molecule has 0 saturated heterocycles. The third kappa shape index (κ3) is 5.60. The largest absolute Gasteiger partial charge is 0.511 e. The first-order chi connectivity index (χ1) is 15.3. The van der Waals surface area contributed by atoms with E-state index in [1.165, 1.54) is 12.1 Å². The molecule has 0 aliphatic carbocycles. The van der Waals surface area contributed by atoms with Crippen molar-refractivity contribution in [2.75, 3.05) is 12.8 Å². The topological polar surface area (TPSA) is 88.2 Å². The van der Waals surface area contributed by atoms with Crippen molar-refractivity contribution < 1.29 is 28.5 Å². The number of aliphatic hydroxyl groups excluding tert-OH is 1. The van der Waals surface area contributed by atoms with Crippen molar-refractivity contribution in [2.45, 2.75) is 32.3 Å². The second-order valence-corrected chi connectivity index (χ2v) is 8.88. The maximum Gasteiger partial charge on any atom is 0.511 e. The second-order valence-electron chi connectivity index (χ2n) is 7.59. The van der Waals surface area contributed by atoms with E-state index in [2.05, 4.69) is 30.1 Å². The fraction of sp³-hybridized carbons (Fsp3) is 0.292. The Morgan fingerprint density at radius 2 is 1.94 bits per heavy atom. The summed E-state index contributed by atoms with van der Waals surface area (Å²) < 4.78 is 32.7. The quantitative estimate of drug-likeness (QED) is 0.375. The number of benzene rings is 1. The molecule has 2 N–H and O–H groups in total. The van der Waals surface area contributed by atoms with E-state index in [4.69, 9.17) is 9.63 Å². The third-order valence-electron chi connectivity index (χ3n) is 4.83. The lowest BCUT2D eigenvalue weighted by Crippen LogP contribution is -2.15. The number of carboxylic acid groups (broad SMARTS) is 1. The fourth-order valence-electron chi connectivity index (χ4n) is 3.56. The summed E-state index contributed by atoms with van der Waals surface area (Å²) in [6, 6.07) is 12.1. The molecule has 0 amide bonds. The van der Waals surface area contributed by atoms with Crippen molar-refractivity contribution >= 4 is 19.5 Å². The number of nitrogens with zero attached hydrogens (tertiary/aromatic N) is 1. The summed E-state index contributed by atoms with van der Waals surface area (Å²) in [6.45, 7) is 3.98. The van der Waals surface area contributed by atoms with Crippen LogP contribution in [-0.2, 0) is 13.9 Å². The minimum absolute atomic E-state index is 0.137. The number of halogens is 1. The summed E-state index contributed by atoms with van der Waals surface area (Å²) in [7, 11) is -2.24. The Labute approximate surface area is 186 Å². The number of rotatable bonds is 8. The highest BCUT2D eigenvalue weighted by molar-refractivity contribution is 7.39. The van der Waals surface area contributed by atoms with E-state index < -0.39 is 26.5 Å². The molecule has 0 saturated carbocycles. The predicted octanol–water partition coefficient (Wildman–Crippen LogP) is 4.81. The van der Waals surface area contributed by atoms with Gasteiger partial charge in [0.15, 0.2) is 6.61 Å². The first kappa shape index (κ1) is 23.6. The maximum atomic E-state index is 13.5. The average molecular weight is 456 g/mol. The Hall–Kier alpha value is -3.04. The lowest BCUT2D eigenvalue weighted by atomic mass is 9.98. The van der Waals surface area contributed by atoms with E-state index in [0.717, 1.165) is 27.9 Å². The molecule has 0 aliphatic heterocycles. The maximum absolute atomic E-state index is 13.5. The molecule has 166 valence electrons. The highest BCUT2D eigenvalue weighted by Crippen LogP contribution is 2.36. The number of carbonyl (C=O) groups is 1. The molecule has 1 aromatic carbocycles. The zero-order valence-corrected chi connectivity index (χ0v) is 18.7. The number of aliphatic hydroxyl groups is 1. The number of fused-ring (bicyclic) bond motifs is 1. The summed E-state index contributed by atoms with van der Waals surface area (Å²) >= 11 is 0. The molecule has 0 aliphatic rings. The molecule has 0 spiro atoms. The number of hydrogen-bond donors (Lipinski definition) is 2. The fourth-order valence-corrected chi connectivity index (χ4v) is 4.34. The Morgan fingerprint density at radius 1 is 1.22 bits per heavy atom. The molecule has 2 heterocycles. The minimum atomic E-state index is -2.24. The van der Waals surface area contributed by atoms with Crippen LogP contribution in [0.25, 0.3) is 16.6 Å². The van der Waals surface area contributed by atoms with Gasteiger partial charge in [-0.15, -0.1) is 4.52 Å². The van der Waals surface area contributed by atoms with Crippen LogP contribution in [0.15, 0.2) is 48.7 Å². The van der Waals surface area contributed by atoms with Crippen molar-refractivity contribution in [3.8, 4) is 23.0 Å². The molecule has 2 atom stereocenters. The van der Waals surface area contributed by atoms with E-state index >= 15 is 0 Å². The van der Waals surface area contributed by atoms with Gasteiger partial charge in [-0.2, -0.15) is 0 Å². The molecule has 0 radical (unpaired) electrons. The van der Waals surface area contributed by atoms with Crippen LogP contribution < -0.4 is 0 Å². The van der Waals surface area contributed by atoms with Crippen LogP contribution >= 0.6 is 8.03 Å². The van der Waals surface area contributed by atoms with Crippen LogP contribution in [0, 0.1) is 17.7 Å². The molecule has 3 rings (SSSR count). The van der Waals surface area contributed by atoms with Gasteiger partial charge in [-0.05, 0) is 40.3 Å². The molecule has 0 fully saturated rings. The zero-order chi connectivity index (χ0) is 23.3. The summed E-state index contributed by atoms with van der Waals surface area (Å²) in [5.41, 5.74) is 4.42. The highest BCUT2D eigenvalue weighted by Gasteiger charge is 2.25. The first-order valence-electron chi connectivity index (χ1n) is 10.1. The Bertz CT molecular complexity index is 1190. The van der Waals surface area contributed by atoms with Gasteiger partial charge in [0.1, 0.15) is 11.9 Å². The molecule has 32 heavy (non-hydrogen) atoms. The standard InChI is InChI=1S/C24H23FNO5P/c1-16(2)24-20(6-5-13-31-32(30)15-19(27)14-22(28)29)23(17-8-10-18(25)11-9-17)21-7-3-4-12-26(21)24/h3-4,7-12,16,19,27H,13-15H2,1-2H3/p+1/t19-/m0/s1. The number of hydrogen-bond acceptors (Lipinski definition) is 4. The average Bonchev–Trinajstić information content (AvgIpc) is 3.05. The smallest absolute Gasteiger partial charge is 0.481 e. The summed E-state index contributed by atoms with van der Waals surface area (Å²) in [5.74, 6) is 4.67. The van der Waals surface area contributed by atoms with Gasteiger partial charge in [-0.25, -0.2) is 4.39 Å². The van der Waals surface area contributed by atoms with Gasteiger partial charge >= 0.3 is 14.0 Å². The predicted molar refractivity (Wildman–Crippen MR) is 120 cm³/mol. The van der Waals surface area contributed by atoms with Gasteiger partial charge < -0.3 is 14.6 Å². The molecular weight excluding hydrogens is 432 g/mol. The highest BCUT2D eigenvalue weighted by atomic mass is 31.1. The number of pyridine rings is 1. The summed E-state index contributed by atoms with van der Waals surface area (Å²) in [6.07, 6.45) is -0.0393. The first-order valence-corrected chi connectivity index (χ1v) is 11.5. The van der Waals surface area contributed by atoms with Crippen LogP contribution in [0.1, 0.15) is 37.4 Å². The number of aliphatic carboxylic acids is 1. The van der Waals surface area contributed by atoms with Gasteiger partial charge in [-0.1, -0.05) is 43.9 Å². The molecule has 8 heteroatoms. The van der Waals surface area contributed by atoms with Crippen molar-refractivity contribution in [1.29, 1.82) is 0 Å². The summed E-state index contributed by atoms with van der Waals surface area (Å²) in [4.78, 5) is 10.6. The van der Waals surface area contributed by atoms with Gasteiger partial charge in [0.25, 0.3) is 0 Å². The van der Waals surface area contributed by atoms with Crippen LogP contribution in [0.3, 0.4) is 0 Å². The van der Waals surface area contributed by atoms with Crippen LogP contribution in [0.4, 0.5) is 4.39 Å². The van der Waals surface area contributed by atoms with E-state index in [0.29, 0.717) is 0 Å². The number of carboxylic acids is 1. The molecule has 2 aromatic heterocycles. The molecule has 3 aromatic rings. The van der Waals surface area contributed by atoms with E-state index in [9.17, 15) is 18.9 Å². The van der Waals surface area contributed by atoms with Crippen LogP contribution in [0.5, 0.6) is 0 Å². The lowest BCUT2D eigenvalue weighted by molar-refractivity contribution is -0.138. The zero-order valence-electron chi connectivity index (χ0n) is 17.8. The van der Waals surface area contributed by atoms with E-state index in [1.807, 2.05) is 24.4 Å². The second kappa shape index (κ2) is 10.5. The van der Waals surface area contributed by atoms with Gasteiger partial charge in [0, 0.05) is 17.5 Å². The molecule has 1 unspecified atom stereocenters. The lowest BCUT2D eigenvalue weighted by Gasteiger charge is -2.07. The van der Waals surface area contributed by atoms with Crippen molar-refractivity contribution in [1.82, 2.24) is 4.40 Å². The third-order valence-corrected chi connectivity index (χ3v) is 5.96. The SMILES string of the molecule is CC(C)c1c(C#CCO[P+](=O)C[C@@H](O)CC(=O)O)c(-c2ccc(F)cc2)c2ccccn12. The van der Waals surface area contributed by atoms with Crippen LogP contribution in [-0.4, -0.2) is 39.5 Å². The van der Waals surface area contributed by atoms with E-state index in [-0.39, 0.29) is 24.5 Å². The normalized spacial score (nSPS) is 12.5. The number of aromatic nitrogens is 1. The van der Waals surface area contributed by atoms with Gasteiger partial charge in [-0.3, -0.25) is 4.79 Å².